The zero-order valence-corrected chi connectivity index (χ0v) is 7.53. The minimum absolute atomic E-state index is 0.673. The van der Waals surface area contributed by atoms with Crippen molar-refractivity contribution < 1.29 is 9.90 Å². The lowest BCUT2D eigenvalue weighted by Gasteiger charge is -1.96. The monoisotopic (exact) mass is 176 g/mol. The van der Waals surface area contributed by atoms with E-state index in [0.717, 1.165) is 5.56 Å². The van der Waals surface area contributed by atoms with Gasteiger partial charge in [0.1, 0.15) is 0 Å². The Bertz CT molecular complexity index is 309. The predicted octanol–water partition coefficient (Wildman–Crippen LogP) is 2.18. The largest absolute Gasteiger partial charge is 0.478 e. The van der Waals surface area contributed by atoms with E-state index in [0.29, 0.717) is 6.42 Å². The Morgan fingerprint density at radius 1 is 1.38 bits per heavy atom. The highest BCUT2D eigenvalue weighted by molar-refractivity contribution is 5.79. The van der Waals surface area contributed by atoms with Gasteiger partial charge in [-0.25, -0.2) is 4.79 Å². The molecule has 0 radical (unpaired) electrons. The molecule has 2 heteroatoms. The maximum Gasteiger partial charge on any atom is 0.327 e. The van der Waals surface area contributed by atoms with E-state index >= 15 is 0 Å². The van der Waals surface area contributed by atoms with Gasteiger partial charge in [-0.3, -0.25) is 0 Å². The molecule has 13 heavy (non-hydrogen) atoms. The summed E-state index contributed by atoms with van der Waals surface area (Å²) in [7, 11) is 0. The summed E-state index contributed by atoms with van der Waals surface area (Å²) in [4.78, 5) is 10.2. The highest BCUT2D eigenvalue weighted by Crippen LogP contribution is 2.03. The third-order valence-electron chi connectivity index (χ3n) is 1.73. The molecular weight excluding hydrogens is 164 g/mol. The first-order chi connectivity index (χ1) is 6.18. The van der Waals surface area contributed by atoms with Crippen LogP contribution in [0.5, 0.6) is 0 Å². The van der Waals surface area contributed by atoms with Crippen molar-refractivity contribution in [3.05, 3.63) is 47.5 Å². The van der Waals surface area contributed by atoms with Crippen molar-refractivity contribution in [2.75, 3.05) is 0 Å². The van der Waals surface area contributed by atoms with Crippen molar-refractivity contribution in [3.8, 4) is 0 Å². The maximum absolute atomic E-state index is 10.2. The second-order valence-corrected chi connectivity index (χ2v) is 2.93. The number of allylic oxidation sites excluding steroid dienone is 1. The number of rotatable bonds is 3. The van der Waals surface area contributed by atoms with Crippen molar-refractivity contribution in [1.29, 1.82) is 0 Å². The molecule has 0 atom stereocenters. The SMILES string of the molecule is Cc1ccc(C/C=C/C(=O)O)cc1. The molecule has 0 saturated heterocycles. The molecule has 68 valence electrons. The third-order valence-corrected chi connectivity index (χ3v) is 1.73. The van der Waals surface area contributed by atoms with Crippen LogP contribution in [-0.4, -0.2) is 11.1 Å². The minimum atomic E-state index is -0.896. The quantitative estimate of drug-likeness (QED) is 0.717. The van der Waals surface area contributed by atoms with Crippen molar-refractivity contribution in [3.63, 3.8) is 0 Å². The smallest absolute Gasteiger partial charge is 0.327 e. The molecule has 0 spiro atoms. The molecule has 0 aromatic heterocycles. The summed E-state index contributed by atoms with van der Waals surface area (Å²) in [6.07, 6.45) is 3.49. The molecule has 1 aromatic carbocycles. The van der Waals surface area contributed by atoms with E-state index < -0.39 is 5.97 Å². The summed E-state index contributed by atoms with van der Waals surface area (Å²) in [5.41, 5.74) is 2.34. The number of carbonyl (C=O) groups is 1. The molecule has 0 bridgehead atoms. The Balaban J connectivity index is 2.55. The normalized spacial score (nSPS) is 10.5. The van der Waals surface area contributed by atoms with Gasteiger partial charge in [0.05, 0.1) is 0 Å². The molecule has 0 heterocycles. The van der Waals surface area contributed by atoms with Crippen LogP contribution in [0.15, 0.2) is 36.4 Å². The summed E-state index contributed by atoms with van der Waals surface area (Å²) in [5, 5.41) is 8.35. The number of carboxylic acid groups (broad SMARTS) is 1. The van der Waals surface area contributed by atoms with Crippen molar-refractivity contribution in [2.45, 2.75) is 13.3 Å². The topological polar surface area (TPSA) is 37.3 Å². The third kappa shape index (κ3) is 3.56. The number of aryl methyl sites for hydroxylation is 1. The molecule has 0 fully saturated rings. The van der Waals surface area contributed by atoms with Gasteiger partial charge in [0, 0.05) is 6.08 Å². The fourth-order valence-corrected chi connectivity index (χ4v) is 1.02. The molecule has 0 aliphatic rings. The average molecular weight is 176 g/mol. The van der Waals surface area contributed by atoms with E-state index in [4.69, 9.17) is 5.11 Å². The van der Waals surface area contributed by atoms with Crippen LogP contribution in [0, 0.1) is 6.92 Å². The van der Waals surface area contributed by atoms with Crippen molar-refractivity contribution in [2.24, 2.45) is 0 Å². The Kier molecular flexibility index (Phi) is 3.26. The lowest BCUT2D eigenvalue weighted by molar-refractivity contribution is -0.131. The van der Waals surface area contributed by atoms with Crippen molar-refractivity contribution in [1.82, 2.24) is 0 Å². The number of benzene rings is 1. The van der Waals surface area contributed by atoms with Crippen LogP contribution < -0.4 is 0 Å². The second-order valence-electron chi connectivity index (χ2n) is 2.93. The van der Waals surface area contributed by atoms with Gasteiger partial charge in [0.15, 0.2) is 0 Å². The first-order valence-electron chi connectivity index (χ1n) is 4.13. The average Bonchev–Trinajstić information content (AvgIpc) is 2.08. The molecule has 0 amide bonds. The standard InChI is InChI=1S/C11H12O2/c1-9-5-7-10(8-6-9)3-2-4-11(12)13/h2,4-8H,3H2,1H3,(H,12,13)/b4-2+. The van der Waals surface area contributed by atoms with Crippen LogP contribution >= 0.6 is 0 Å². The molecule has 1 N–H and O–H groups in total. The molecule has 0 unspecified atom stereocenters. The summed E-state index contributed by atoms with van der Waals surface area (Å²) < 4.78 is 0. The summed E-state index contributed by atoms with van der Waals surface area (Å²) in [6.45, 7) is 2.02. The Morgan fingerprint density at radius 2 is 2.00 bits per heavy atom. The highest BCUT2D eigenvalue weighted by atomic mass is 16.4. The molecule has 1 aromatic rings. The molecule has 0 saturated carbocycles. The number of hydrogen-bond donors (Lipinski definition) is 1. The van der Waals surface area contributed by atoms with Crippen LogP contribution in [0.3, 0.4) is 0 Å². The first kappa shape index (κ1) is 9.52. The van der Waals surface area contributed by atoms with E-state index in [-0.39, 0.29) is 0 Å². The van der Waals surface area contributed by atoms with Gasteiger partial charge in [0.2, 0.25) is 0 Å². The zero-order chi connectivity index (χ0) is 9.68. The van der Waals surface area contributed by atoms with Crippen LogP contribution in [0.4, 0.5) is 0 Å². The minimum Gasteiger partial charge on any atom is -0.478 e. The van der Waals surface area contributed by atoms with Gasteiger partial charge in [-0.15, -0.1) is 0 Å². The fraction of sp³-hybridized carbons (Fsp3) is 0.182. The Labute approximate surface area is 77.5 Å². The maximum atomic E-state index is 10.2. The van der Waals surface area contributed by atoms with Crippen molar-refractivity contribution >= 4 is 5.97 Å². The number of hydrogen-bond acceptors (Lipinski definition) is 1. The molecule has 1 rings (SSSR count). The van der Waals surface area contributed by atoms with E-state index in [2.05, 4.69) is 0 Å². The molecule has 0 aliphatic heterocycles. The van der Waals surface area contributed by atoms with Crippen LogP contribution in [0.25, 0.3) is 0 Å². The van der Waals surface area contributed by atoms with Crippen LogP contribution in [-0.2, 0) is 11.2 Å². The lowest BCUT2D eigenvalue weighted by atomic mass is 10.1. The van der Waals surface area contributed by atoms with Gasteiger partial charge in [-0.2, -0.15) is 0 Å². The Morgan fingerprint density at radius 3 is 2.54 bits per heavy atom. The van der Waals surface area contributed by atoms with Gasteiger partial charge < -0.3 is 5.11 Å². The van der Waals surface area contributed by atoms with E-state index in [1.54, 1.807) is 6.08 Å². The first-order valence-corrected chi connectivity index (χ1v) is 4.13. The fourth-order valence-electron chi connectivity index (χ4n) is 1.02. The molecular formula is C11H12O2. The summed E-state index contributed by atoms with van der Waals surface area (Å²) in [6, 6.07) is 8.04. The molecule has 2 nitrogen and oxygen atoms in total. The second kappa shape index (κ2) is 4.45. The van der Waals surface area contributed by atoms with Crippen LogP contribution in [0.2, 0.25) is 0 Å². The van der Waals surface area contributed by atoms with E-state index in [9.17, 15) is 4.79 Å². The number of aliphatic carboxylic acids is 1. The van der Waals surface area contributed by atoms with Gasteiger partial charge >= 0.3 is 5.97 Å². The predicted molar refractivity (Wildman–Crippen MR) is 51.7 cm³/mol. The van der Waals surface area contributed by atoms with Gasteiger partial charge in [-0.05, 0) is 18.9 Å². The zero-order valence-electron chi connectivity index (χ0n) is 7.53. The molecule has 0 aliphatic carbocycles. The van der Waals surface area contributed by atoms with E-state index in [1.165, 1.54) is 11.6 Å². The summed E-state index contributed by atoms with van der Waals surface area (Å²) in [5.74, 6) is -0.896. The van der Waals surface area contributed by atoms with Crippen LogP contribution in [0.1, 0.15) is 11.1 Å². The highest BCUT2D eigenvalue weighted by Gasteiger charge is 1.89. The lowest BCUT2D eigenvalue weighted by Crippen LogP contribution is -1.87. The van der Waals surface area contributed by atoms with Gasteiger partial charge in [0.25, 0.3) is 0 Å². The Hall–Kier alpha value is -1.57. The van der Waals surface area contributed by atoms with E-state index in [1.807, 2.05) is 31.2 Å². The number of carboxylic acids is 1. The van der Waals surface area contributed by atoms with Gasteiger partial charge in [-0.1, -0.05) is 35.9 Å². The summed E-state index contributed by atoms with van der Waals surface area (Å²) >= 11 is 0.